The standard InChI is InChI=1S/C12H24N2O4/c1-8(2)7-14(9(3)10(15)16)13-11(17)18-12(4,5)6/h8-9H,7H2,1-6H3,(H,13,17)(H,15,16)/t9-/m1/s1. The summed E-state index contributed by atoms with van der Waals surface area (Å²) in [5.74, 6) is -0.770. The molecular formula is C12H24N2O4. The van der Waals surface area contributed by atoms with Gasteiger partial charge in [0.1, 0.15) is 11.6 Å². The van der Waals surface area contributed by atoms with Gasteiger partial charge in [0.25, 0.3) is 0 Å². The highest BCUT2D eigenvalue weighted by Gasteiger charge is 2.25. The molecule has 0 aromatic heterocycles. The zero-order valence-corrected chi connectivity index (χ0v) is 12.0. The van der Waals surface area contributed by atoms with Crippen LogP contribution in [0.2, 0.25) is 0 Å². The number of nitrogens with one attached hydrogen (secondary N) is 1. The van der Waals surface area contributed by atoms with Gasteiger partial charge in [-0.3, -0.25) is 10.2 Å². The van der Waals surface area contributed by atoms with E-state index in [0.717, 1.165) is 0 Å². The summed E-state index contributed by atoms with van der Waals surface area (Å²) in [4.78, 5) is 22.6. The van der Waals surface area contributed by atoms with Crippen LogP contribution in [0.25, 0.3) is 0 Å². The Morgan fingerprint density at radius 3 is 2.11 bits per heavy atom. The third kappa shape index (κ3) is 7.11. The molecule has 0 heterocycles. The van der Waals surface area contributed by atoms with E-state index in [9.17, 15) is 9.59 Å². The number of hydrazine groups is 1. The molecule has 0 rings (SSSR count). The summed E-state index contributed by atoms with van der Waals surface area (Å²) in [5, 5.41) is 10.4. The lowest BCUT2D eigenvalue weighted by molar-refractivity contribution is -0.144. The summed E-state index contributed by atoms with van der Waals surface area (Å²) in [6.45, 7) is 11.1. The molecule has 6 nitrogen and oxygen atoms in total. The number of aliphatic carboxylic acids is 1. The first kappa shape index (κ1) is 16.7. The van der Waals surface area contributed by atoms with Gasteiger partial charge < -0.3 is 9.84 Å². The molecule has 0 aliphatic heterocycles. The molecule has 1 amide bonds. The molecule has 106 valence electrons. The summed E-state index contributed by atoms with van der Waals surface area (Å²) >= 11 is 0. The highest BCUT2D eigenvalue weighted by atomic mass is 16.6. The Morgan fingerprint density at radius 2 is 1.78 bits per heavy atom. The summed E-state index contributed by atoms with van der Waals surface area (Å²) in [7, 11) is 0. The van der Waals surface area contributed by atoms with Crippen LogP contribution in [0.1, 0.15) is 41.5 Å². The number of hydrogen-bond acceptors (Lipinski definition) is 4. The van der Waals surface area contributed by atoms with Gasteiger partial charge in [-0.2, -0.15) is 0 Å². The van der Waals surface area contributed by atoms with Crippen molar-refractivity contribution in [3.63, 3.8) is 0 Å². The van der Waals surface area contributed by atoms with Gasteiger partial charge in [0.15, 0.2) is 0 Å². The molecule has 0 aliphatic rings. The van der Waals surface area contributed by atoms with E-state index in [1.807, 2.05) is 13.8 Å². The molecule has 6 heteroatoms. The normalized spacial score (nSPS) is 13.6. The van der Waals surface area contributed by atoms with E-state index in [1.54, 1.807) is 20.8 Å². The van der Waals surface area contributed by atoms with Gasteiger partial charge in [-0.05, 0) is 33.6 Å². The number of carboxylic acid groups (broad SMARTS) is 1. The average molecular weight is 260 g/mol. The van der Waals surface area contributed by atoms with Gasteiger partial charge >= 0.3 is 12.1 Å². The first-order valence-electron chi connectivity index (χ1n) is 6.02. The second-order valence-electron chi connectivity index (χ2n) is 5.67. The van der Waals surface area contributed by atoms with Crippen LogP contribution in [-0.2, 0) is 9.53 Å². The molecule has 0 saturated carbocycles. The molecule has 0 fully saturated rings. The van der Waals surface area contributed by atoms with Crippen molar-refractivity contribution >= 4 is 12.1 Å². The van der Waals surface area contributed by atoms with Crippen molar-refractivity contribution in [1.82, 2.24) is 10.4 Å². The van der Waals surface area contributed by atoms with Crippen LogP contribution in [0.15, 0.2) is 0 Å². The van der Waals surface area contributed by atoms with E-state index in [0.29, 0.717) is 6.54 Å². The fourth-order valence-corrected chi connectivity index (χ4v) is 1.25. The minimum absolute atomic E-state index is 0.224. The summed E-state index contributed by atoms with van der Waals surface area (Å²) < 4.78 is 5.10. The molecule has 0 aliphatic carbocycles. The predicted octanol–water partition coefficient (Wildman–Crippen LogP) is 1.86. The fraction of sp³-hybridized carbons (Fsp3) is 0.833. The van der Waals surface area contributed by atoms with Crippen LogP contribution < -0.4 is 5.43 Å². The third-order valence-corrected chi connectivity index (χ3v) is 2.02. The molecule has 0 aromatic rings. The maximum atomic E-state index is 11.6. The van der Waals surface area contributed by atoms with Crippen molar-refractivity contribution in [3.05, 3.63) is 0 Å². The van der Waals surface area contributed by atoms with Gasteiger partial charge in [-0.15, -0.1) is 0 Å². The monoisotopic (exact) mass is 260 g/mol. The first-order valence-corrected chi connectivity index (χ1v) is 6.02. The zero-order valence-electron chi connectivity index (χ0n) is 12.0. The van der Waals surface area contributed by atoms with E-state index < -0.39 is 23.7 Å². The van der Waals surface area contributed by atoms with E-state index in [4.69, 9.17) is 9.84 Å². The summed E-state index contributed by atoms with van der Waals surface area (Å²) in [6.07, 6.45) is -0.642. The van der Waals surface area contributed by atoms with Crippen LogP contribution in [-0.4, -0.2) is 40.4 Å². The number of nitrogens with zero attached hydrogens (tertiary/aromatic N) is 1. The molecule has 2 N–H and O–H groups in total. The molecule has 18 heavy (non-hydrogen) atoms. The Hall–Kier alpha value is -1.30. The molecule has 0 radical (unpaired) electrons. The third-order valence-electron chi connectivity index (χ3n) is 2.02. The van der Waals surface area contributed by atoms with Crippen LogP contribution in [0, 0.1) is 5.92 Å². The Balaban J connectivity index is 4.59. The average Bonchev–Trinajstić information content (AvgIpc) is 2.11. The van der Waals surface area contributed by atoms with E-state index in [1.165, 1.54) is 11.9 Å². The minimum atomic E-state index is -0.994. The van der Waals surface area contributed by atoms with Crippen molar-refractivity contribution < 1.29 is 19.4 Å². The van der Waals surface area contributed by atoms with E-state index >= 15 is 0 Å². The molecule has 0 bridgehead atoms. The van der Waals surface area contributed by atoms with Gasteiger partial charge in [0.2, 0.25) is 0 Å². The van der Waals surface area contributed by atoms with Gasteiger partial charge in [0.05, 0.1) is 0 Å². The molecular weight excluding hydrogens is 236 g/mol. The Bertz CT molecular complexity index is 297. The van der Waals surface area contributed by atoms with Crippen molar-refractivity contribution in [2.75, 3.05) is 6.54 Å². The van der Waals surface area contributed by atoms with E-state index in [2.05, 4.69) is 5.43 Å². The molecule has 0 saturated heterocycles. The van der Waals surface area contributed by atoms with Crippen LogP contribution in [0.5, 0.6) is 0 Å². The Kier molecular flexibility index (Phi) is 6.11. The highest BCUT2D eigenvalue weighted by molar-refractivity contribution is 5.74. The summed E-state index contributed by atoms with van der Waals surface area (Å²) in [5.41, 5.74) is 1.87. The van der Waals surface area contributed by atoms with Crippen molar-refractivity contribution in [3.8, 4) is 0 Å². The maximum Gasteiger partial charge on any atom is 0.422 e. The zero-order chi connectivity index (χ0) is 14.5. The number of carboxylic acids is 1. The quantitative estimate of drug-likeness (QED) is 0.738. The van der Waals surface area contributed by atoms with Gasteiger partial charge in [0, 0.05) is 6.54 Å². The number of carbonyl (C=O) groups excluding carboxylic acids is 1. The number of rotatable bonds is 5. The lowest BCUT2D eigenvalue weighted by Gasteiger charge is -2.29. The molecule has 0 spiro atoms. The number of hydrogen-bond donors (Lipinski definition) is 2. The predicted molar refractivity (Wildman–Crippen MR) is 68.0 cm³/mol. The Labute approximate surface area is 108 Å². The lowest BCUT2D eigenvalue weighted by Crippen LogP contribution is -2.53. The first-order chi connectivity index (χ1) is 8.03. The Morgan fingerprint density at radius 1 is 1.28 bits per heavy atom. The van der Waals surface area contributed by atoms with Gasteiger partial charge in [-0.25, -0.2) is 9.80 Å². The molecule has 0 aromatic carbocycles. The van der Waals surface area contributed by atoms with Gasteiger partial charge in [-0.1, -0.05) is 13.8 Å². The largest absolute Gasteiger partial charge is 0.480 e. The second-order valence-corrected chi connectivity index (χ2v) is 5.67. The van der Waals surface area contributed by atoms with Crippen LogP contribution in [0.4, 0.5) is 4.79 Å². The smallest absolute Gasteiger partial charge is 0.422 e. The van der Waals surface area contributed by atoms with E-state index in [-0.39, 0.29) is 5.92 Å². The summed E-state index contributed by atoms with van der Waals surface area (Å²) in [6, 6.07) is -0.806. The SMILES string of the molecule is CC(C)CN(NC(=O)OC(C)(C)C)[C@H](C)C(=O)O. The molecule has 1 atom stereocenters. The number of amides is 1. The topological polar surface area (TPSA) is 78.9 Å². The fourth-order valence-electron chi connectivity index (χ4n) is 1.25. The maximum absolute atomic E-state index is 11.6. The minimum Gasteiger partial charge on any atom is -0.480 e. The van der Waals surface area contributed by atoms with Crippen LogP contribution in [0.3, 0.4) is 0 Å². The number of carbonyl (C=O) groups is 2. The highest BCUT2D eigenvalue weighted by Crippen LogP contribution is 2.08. The van der Waals surface area contributed by atoms with Crippen molar-refractivity contribution in [2.45, 2.75) is 53.2 Å². The van der Waals surface area contributed by atoms with Crippen molar-refractivity contribution in [2.24, 2.45) is 5.92 Å². The van der Waals surface area contributed by atoms with Crippen LogP contribution >= 0.6 is 0 Å². The second kappa shape index (κ2) is 6.58. The molecule has 0 unspecified atom stereocenters. The number of ether oxygens (including phenoxy) is 1. The lowest BCUT2D eigenvalue weighted by atomic mass is 10.2. The van der Waals surface area contributed by atoms with Crippen molar-refractivity contribution in [1.29, 1.82) is 0 Å².